The monoisotopic (exact) mass is 329 g/mol. The number of nitrogens with one attached hydrogen (secondary N) is 1. The molecule has 22 heavy (non-hydrogen) atoms. The fourth-order valence-electron chi connectivity index (χ4n) is 2.78. The Morgan fingerprint density at radius 2 is 2.14 bits per heavy atom. The van der Waals surface area contributed by atoms with Crippen LogP contribution in [0.3, 0.4) is 0 Å². The number of alkyl halides is 3. The summed E-state index contributed by atoms with van der Waals surface area (Å²) in [4.78, 5) is 0. The van der Waals surface area contributed by atoms with E-state index in [0.717, 1.165) is 43.1 Å². The van der Waals surface area contributed by atoms with Crippen LogP contribution >= 0.6 is 11.6 Å². The second-order valence-electron chi connectivity index (χ2n) is 5.27. The number of aryl methyl sites for hydroxylation is 1. The van der Waals surface area contributed by atoms with Gasteiger partial charge in [0.05, 0.1) is 16.9 Å². The van der Waals surface area contributed by atoms with Crippen LogP contribution in [0, 0.1) is 0 Å². The number of anilines is 1. The lowest BCUT2D eigenvalue weighted by molar-refractivity contribution is -0.137. The molecule has 0 unspecified atom stereocenters. The van der Waals surface area contributed by atoms with Gasteiger partial charge in [-0.1, -0.05) is 24.9 Å². The maximum absolute atomic E-state index is 13.3. The topological polar surface area (TPSA) is 29.9 Å². The smallest absolute Gasteiger partial charge is 0.369 e. The normalized spacial score (nSPS) is 14.0. The third kappa shape index (κ3) is 2.56. The predicted octanol–water partition coefficient (Wildman–Crippen LogP) is 4.47. The van der Waals surface area contributed by atoms with E-state index in [4.69, 9.17) is 11.6 Å². The van der Waals surface area contributed by atoms with Crippen molar-refractivity contribution in [1.29, 1.82) is 0 Å². The summed E-state index contributed by atoms with van der Waals surface area (Å²) in [5.74, 6) is 0.663. The highest BCUT2D eigenvalue weighted by molar-refractivity contribution is 6.30. The Morgan fingerprint density at radius 3 is 2.82 bits per heavy atom. The number of benzene rings is 1. The van der Waals surface area contributed by atoms with E-state index in [2.05, 4.69) is 10.4 Å². The minimum absolute atomic E-state index is 0.00454. The van der Waals surface area contributed by atoms with Gasteiger partial charge in [-0.2, -0.15) is 18.3 Å². The maximum atomic E-state index is 13.3. The fourth-order valence-corrected chi connectivity index (χ4v) is 2.95. The third-order valence-electron chi connectivity index (χ3n) is 3.71. The number of fused-ring (bicyclic) bond motifs is 1. The summed E-state index contributed by atoms with van der Waals surface area (Å²) in [7, 11) is 0. The lowest BCUT2D eigenvalue weighted by Gasteiger charge is -2.15. The van der Waals surface area contributed by atoms with E-state index in [0.29, 0.717) is 5.82 Å². The molecule has 2 aromatic rings. The van der Waals surface area contributed by atoms with Crippen molar-refractivity contribution in [3.63, 3.8) is 0 Å². The molecule has 0 radical (unpaired) electrons. The molecule has 0 saturated carbocycles. The summed E-state index contributed by atoms with van der Waals surface area (Å²) < 4.78 is 41.3. The van der Waals surface area contributed by atoms with Crippen molar-refractivity contribution in [2.45, 2.75) is 32.4 Å². The molecular weight excluding hydrogens is 315 g/mol. The van der Waals surface area contributed by atoms with Crippen molar-refractivity contribution < 1.29 is 13.2 Å². The minimum atomic E-state index is -4.48. The summed E-state index contributed by atoms with van der Waals surface area (Å²) in [6.45, 7) is 2.75. The molecular formula is C15H15ClF3N3. The van der Waals surface area contributed by atoms with E-state index in [9.17, 15) is 13.2 Å². The van der Waals surface area contributed by atoms with Gasteiger partial charge in [0.1, 0.15) is 5.82 Å². The Kier molecular flexibility index (Phi) is 3.80. The molecule has 0 spiro atoms. The minimum Gasteiger partial charge on any atom is -0.369 e. The Balaban J connectivity index is 2.19. The molecule has 3 nitrogen and oxygen atoms in total. The Labute approximate surface area is 131 Å². The Bertz CT molecular complexity index is 707. The summed E-state index contributed by atoms with van der Waals surface area (Å²) in [6.07, 6.45) is -2.04. The van der Waals surface area contributed by atoms with Gasteiger partial charge in [0.15, 0.2) is 0 Å². The summed E-state index contributed by atoms with van der Waals surface area (Å²) >= 11 is 5.74. The van der Waals surface area contributed by atoms with E-state index in [1.54, 1.807) is 0 Å². The number of nitrogens with zero attached hydrogens (tertiary/aromatic N) is 2. The molecule has 0 fully saturated rings. The van der Waals surface area contributed by atoms with Gasteiger partial charge in [0, 0.05) is 17.1 Å². The van der Waals surface area contributed by atoms with E-state index in [-0.39, 0.29) is 10.7 Å². The molecule has 0 saturated heterocycles. The van der Waals surface area contributed by atoms with Gasteiger partial charge in [-0.15, -0.1) is 0 Å². The zero-order valence-electron chi connectivity index (χ0n) is 12.0. The van der Waals surface area contributed by atoms with Crippen LogP contribution in [0.4, 0.5) is 19.0 Å². The highest BCUT2D eigenvalue weighted by atomic mass is 35.5. The molecule has 1 aliphatic rings. The largest absolute Gasteiger partial charge is 0.418 e. The average molecular weight is 330 g/mol. The Morgan fingerprint density at radius 1 is 1.36 bits per heavy atom. The van der Waals surface area contributed by atoms with Gasteiger partial charge < -0.3 is 5.32 Å². The number of aromatic nitrogens is 2. The first-order chi connectivity index (χ1) is 10.4. The fraction of sp³-hybridized carbons (Fsp3) is 0.400. The first-order valence-electron chi connectivity index (χ1n) is 7.13. The number of halogens is 4. The zero-order chi connectivity index (χ0) is 15.9. The molecule has 118 valence electrons. The SMILES string of the molecule is CCCc1nn(-c2ccc(Cl)cc2C(F)(F)F)c2c1CCN2. The molecule has 0 aliphatic carbocycles. The molecule has 0 bridgehead atoms. The van der Waals surface area contributed by atoms with Gasteiger partial charge in [-0.05, 0) is 31.0 Å². The van der Waals surface area contributed by atoms with Crippen LogP contribution in [0.15, 0.2) is 18.2 Å². The van der Waals surface area contributed by atoms with Crippen LogP contribution in [0.5, 0.6) is 0 Å². The second kappa shape index (κ2) is 5.50. The summed E-state index contributed by atoms with van der Waals surface area (Å²) in [5.41, 5.74) is 1.11. The molecule has 3 rings (SSSR count). The van der Waals surface area contributed by atoms with Crippen molar-refractivity contribution >= 4 is 17.4 Å². The second-order valence-corrected chi connectivity index (χ2v) is 5.71. The highest BCUT2D eigenvalue weighted by Gasteiger charge is 2.36. The van der Waals surface area contributed by atoms with Crippen molar-refractivity contribution in [3.05, 3.63) is 40.0 Å². The standard InChI is InChI=1S/C15H15ClF3N3/c1-2-3-12-10-6-7-20-14(10)22(21-12)13-5-4-9(16)8-11(13)15(17,18)19/h4-5,8,20H,2-3,6-7H2,1H3. The molecule has 1 aromatic heterocycles. The van der Waals surface area contributed by atoms with E-state index in [1.165, 1.54) is 16.8 Å². The molecule has 1 aliphatic heterocycles. The number of hydrogen-bond acceptors (Lipinski definition) is 2. The van der Waals surface area contributed by atoms with E-state index >= 15 is 0 Å². The van der Waals surface area contributed by atoms with Crippen LogP contribution < -0.4 is 5.32 Å². The molecule has 1 aromatic carbocycles. The molecule has 0 amide bonds. The van der Waals surface area contributed by atoms with E-state index in [1.807, 2.05) is 6.92 Å². The summed E-state index contributed by atoms with van der Waals surface area (Å²) in [5, 5.41) is 7.60. The van der Waals surface area contributed by atoms with Gasteiger partial charge in [-0.25, -0.2) is 4.68 Å². The number of rotatable bonds is 3. The van der Waals surface area contributed by atoms with Crippen LogP contribution in [-0.2, 0) is 19.0 Å². The van der Waals surface area contributed by atoms with Gasteiger partial charge in [0.25, 0.3) is 0 Å². The van der Waals surface area contributed by atoms with Crippen LogP contribution in [0.2, 0.25) is 5.02 Å². The van der Waals surface area contributed by atoms with Crippen molar-refractivity contribution in [2.24, 2.45) is 0 Å². The van der Waals surface area contributed by atoms with Crippen molar-refractivity contribution in [1.82, 2.24) is 9.78 Å². The third-order valence-corrected chi connectivity index (χ3v) is 3.95. The maximum Gasteiger partial charge on any atom is 0.418 e. The molecule has 2 heterocycles. The lowest BCUT2D eigenvalue weighted by Crippen LogP contribution is -2.13. The van der Waals surface area contributed by atoms with Gasteiger partial charge in [0.2, 0.25) is 0 Å². The summed E-state index contributed by atoms with van der Waals surface area (Å²) in [6, 6.07) is 3.77. The first-order valence-corrected chi connectivity index (χ1v) is 7.51. The number of hydrogen-bond donors (Lipinski definition) is 1. The van der Waals surface area contributed by atoms with Crippen LogP contribution in [0.25, 0.3) is 5.69 Å². The van der Waals surface area contributed by atoms with Crippen LogP contribution in [-0.4, -0.2) is 16.3 Å². The van der Waals surface area contributed by atoms with Crippen LogP contribution in [0.1, 0.15) is 30.2 Å². The quantitative estimate of drug-likeness (QED) is 0.900. The Hall–Kier alpha value is -1.69. The first kappa shape index (κ1) is 15.2. The lowest BCUT2D eigenvalue weighted by atomic mass is 10.1. The van der Waals surface area contributed by atoms with Gasteiger partial charge >= 0.3 is 6.18 Å². The molecule has 0 atom stereocenters. The molecule has 7 heteroatoms. The predicted molar refractivity (Wildman–Crippen MR) is 79.8 cm³/mol. The molecule has 1 N–H and O–H groups in total. The zero-order valence-corrected chi connectivity index (χ0v) is 12.7. The average Bonchev–Trinajstić information content (AvgIpc) is 3.02. The van der Waals surface area contributed by atoms with Crippen molar-refractivity contribution in [3.8, 4) is 5.69 Å². The van der Waals surface area contributed by atoms with E-state index < -0.39 is 11.7 Å². The van der Waals surface area contributed by atoms with Gasteiger partial charge in [-0.3, -0.25) is 0 Å². The highest BCUT2D eigenvalue weighted by Crippen LogP contribution is 2.38. The van der Waals surface area contributed by atoms with Crippen molar-refractivity contribution in [2.75, 3.05) is 11.9 Å².